The van der Waals surface area contributed by atoms with Crippen LogP contribution in [-0.2, 0) is 10.0 Å². The van der Waals surface area contributed by atoms with Crippen molar-refractivity contribution in [3.05, 3.63) is 63.5 Å². The summed E-state index contributed by atoms with van der Waals surface area (Å²) in [5.41, 5.74) is 1.63. The van der Waals surface area contributed by atoms with Crippen molar-refractivity contribution in [1.29, 1.82) is 0 Å². The van der Waals surface area contributed by atoms with Crippen molar-refractivity contribution in [3.63, 3.8) is 0 Å². The molecule has 162 valence electrons. The molecule has 0 atom stereocenters. The number of halogens is 2. The minimum absolute atomic E-state index is 0.193. The van der Waals surface area contributed by atoms with E-state index < -0.39 is 10.0 Å². The number of hydrogen-bond acceptors (Lipinski definition) is 5. The van der Waals surface area contributed by atoms with Gasteiger partial charge in [0.2, 0.25) is 10.0 Å². The van der Waals surface area contributed by atoms with Gasteiger partial charge in [-0.1, -0.05) is 29.6 Å². The summed E-state index contributed by atoms with van der Waals surface area (Å²) in [7, 11) is -3.53. The SMILES string of the molecule is O=C(Nc1nc(-c2cc(Cl)ccc2Cl)cs1)c1ccc(S(=O)(=O)N2CCCCC2)cc1. The third-order valence-corrected chi connectivity index (χ3v) is 8.23. The summed E-state index contributed by atoms with van der Waals surface area (Å²) < 4.78 is 27.0. The van der Waals surface area contributed by atoms with Crippen LogP contribution >= 0.6 is 34.5 Å². The molecule has 1 N–H and O–H groups in total. The van der Waals surface area contributed by atoms with Crippen LogP contribution in [0.5, 0.6) is 0 Å². The van der Waals surface area contributed by atoms with Gasteiger partial charge < -0.3 is 0 Å². The Labute approximate surface area is 194 Å². The number of rotatable bonds is 5. The topological polar surface area (TPSA) is 79.4 Å². The summed E-state index contributed by atoms with van der Waals surface area (Å²) in [6, 6.07) is 11.1. The monoisotopic (exact) mass is 495 g/mol. The highest BCUT2D eigenvalue weighted by molar-refractivity contribution is 7.89. The fourth-order valence-electron chi connectivity index (χ4n) is 3.35. The minimum atomic E-state index is -3.53. The number of amides is 1. The Morgan fingerprint density at radius 2 is 1.74 bits per heavy atom. The zero-order valence-electron chi connectivity index (χ0n) is 16.3. The number of anilines is 1. The number of aromatic nitrogens is 1. The Balaban J connectivity index is 1.47. The fourth-order valence-corrected chi connectivity index (χ4v) is 5.96. The van der Waals surface area contributed by atoms with E-state index >= 15 is 0 Å². The van der Waals surface area contributed by atoms with E-state index in [9.17, 15) is 13.2 Å². The lowest BCUT2D eigenvalue weighted by Crippen LogP contribution is -2.35. The normalized spacial score (nSPS) is 15.0. The fraction of sp³-hybridized carbons (Fsp3) is 0.238. The highest BCUT2D eigenvalue weighted by Crippen LogP contribution is 2.32. The maximum absolute atomic E-state index is 12.7. The summed E-state index contributed by atoms with van der Waals surface area (Å²) in [6.45, 7) is 1.07. The molecule has 10 heteroatoms. The zero-order valence-corrected chi connectivity index (χ0v) is 19.5. The quantitative estimate of drug-likeness (QED) is 0.503. The van der Waals surface area contributed by atoms with Gasteiger partial charge >= 0.3 is 0 Å². The first-order chi connectivity index (χ1) is 14.8. The predicted octanol–water partition coefficient (Wildman–Crippen LogP) is 5.54. The van der Waals surface area contributed by atoms with Gasteiger partial charge in [-0.2, -0.15) is 4.31 Å². The van der Waals surface area contributed by atoms with Gasteiger partial charge in [-0.05, 0) is 55.3 Å². The second kappa shape index (κ2) is 9.26. The molecule has 31 heavy (non-hydrogen) atoms. The molecule has 0 bridgehead atoms. The average Bonchev–Trinajstić information content (AvgIpc) is 3.24. The number of carbonyl (C=O) groups is 1. The molecule has 1 saturated heterocycles. The number of sulfonamides is 1. The highest BCUT2D eigenvalue weighted by Gasteiger charge is 2.26. The Kier molecular flexibility index (Phi) is 6.64. The van der Waals surface area contributed by atoms with Crippen molar-refractivity contribution < 1.29 is 13.2 Å². The second-order valence-electron chi connectivity index (χ2n) is 7.11. The smallest absolute Gasteiger partial charge is 0.257 e. The van der Waals surface area contributed by atoms with Crippen molar-refractivity contribution in [1.82, 2.24) is 9.29 Å². The van der Waals surface area contributed by atoms with Crippen molar-refractivity contribution >= 4 is 55.6 Å². The first-order valence-corrected chi connectivity index (χ1v) is 12.7. The molecule has 0 aliphatic carbocycles. The number of hydrogen-bond donors (Lipinski definition) is 1. The van der Waals surface area contributed by atoms with Gasteiger partial charge in [0.1, 0.15) is 0 Å². The van der Waals surface area contributed by atoms with Crippen LogP contribution in [0.15, 0.2) is 52.7 Å². The van der Waals surface area contributed by atoms with Crippen LogP contribution in [-0.4, -0.2) is 36.7 Å². The molecule has 2 heterocycles. The predicted molar refractivity (Wildman–Crippen MR) is 125 cm³/mol. The Morgan fingerprint density at radius 1 is 1.03 bits per heavy atom. The second-order valence-corrected chi connectivity index (χ2v) is 10.7. The number of piperidine rings is 1. The lowest BCUT2D eigenvalue weighted by molar-refractivity contribution is 0.102. The summed E-state index contributed by atoms with van der Waals surface area (Å²) >= 11 is 13.5. The van der Waals surface area contributed by atoms with E-state index in [-0.39, 0.29) is 10.8 Å². The molecule has 0 unspecified atom stereocenters. The number of nitrogens with zero attached hydrogens (tertiary/aromatic N) is 2. The number of benzene rings is 2. The van der Waals surface area contributed by atoms with E-state index in [2.05, 4.69) is 10.3 Å². The van der Waals surface area contributed by atoms with Crippen molar-refractivity contribution in [2.45, 2.75) is 24.2 Å². The van der Waals surface area contributed by atoms with Crippen molar-refractivity contribution in [3.8, 4) is 11.3 Å². The summed E-state index contributed by atoms with van der Waals surface area (Å²) in [5, 5.41) is 5.97. The lowest BCUT2D eigenvalue weighted by Gasteiger charge is -2.25. The molecular weight excluding hydrogens is 477 g/mol. The van der Waals surface area contributed by atoms with Crippen LogP contribution in [0.25, 0.3) is 11.3 Å². The van der Waals surface area contributed by atoms with Gasteiger partial charge in [-0.25, -0.2) is 13.4 Å². The van der Waals surface area contributed by atoms with E-state index in [4.69, 9.17) is 23.2 Å². The Bertz CT molecular complexity index is 1200. The maximum atomic E-state index is 12.7. The molecular formula is C21H19Cl2N3O3S2. The molecule has 3 aromatic rings. The molecule has 2 aromatic carbocycles. The van der Waals surface area contributed by atoms with Crippen LogP contribution < -0.4 is 5.32 Å². The van der Waals surface area contributed by atoms with Gasteiger partial charge in [-0.3, -0.25) is 10.1 Å². The number of carbonyl (C=O) groups excluding carboxylic acids is 1. The van der Waals surface area contributed by atoms with E-state index in [1.54, 1.807) is 23.6 Å². The molecule has 0 radical (unpaired) electrons. The van der Waals surface area contributed by atoms with E-state index in [1.165, 1.54) is 39.9 Å². The molecule has 1 fully saturated rings. The van der Waals surface area contributed by atoms with Crippen molar-refractivity contribution in [2.24, 2.45) is 0 Å². The van der Waals surface area contributed by atoms with Crippen molar-refractivity contribution in [2.75, 3.05) is 18.4 Å². The number of thiazole rings is 1. The van der Waals surface area contributed by atoms with E-state index in [0.29, 0.717) is 45.1 Å². The number of nitrogens with one attached hydrogen (secondary N) is 1. The van der Waals surface area contributed by atoms with Crippen LogP contribution in [0.3, 0.4) is 0 Å². The lowest BCUT2D eigenvalue weighted by atomic mass is 10.2. The first kappa shape index (κ1) is 22.2. The molecule has 4 rings (SSSR count). The summed E-state index contributed by atoms with van der Waals surface area (Å²) in [6.07, 6.45) is 2.79. The minimum Gasteiger partial charge on any atom is -0.298 e. The van der Waals surface area contributed by atoms with Gasteiger partial charge in [0.05, 0.1) is 15.6 Å². The van der Waals surface area contributed by atoms with Crippen LogP contribution in [0, 0.1) is 0 Å². The zero-order chi connectivity index (χ0) is 22.0. The van der Waals surface area contributed by atoms with Gasteiger partial charge in [-0.15, -0.1) is 11.3 Å². The standard InChI is InChI=1S/C21H19Cl2N3O3S2/c22-15-6-9-18(23)17(12-15)19-13-30-21(24-19)25-20(27)14-4-7-16(8-5-14)31(28,29)26-10-2-1-3-11-26/h4-9,12-13H,1-3,10-11H2,(H,24,25,27). The Hall–Kier alpha value is -1.97. The molecule has 1 aliphatic heterocycles. The van der Waals surface area contributed by atoms with Crippen LogP contribution in [0.4, 0.5) is 5.13 Å². The van der Waals surface area contributed by atoms with Gasteiger partial charge in [0.15, 0.2) is 5.13 Å². The van der Waals surface area contributed by atoms with Crippen LogP contribution in [0.1, 0.15) is 29.6 Å². The maximum Gasteiger partial charge on any atom is 0.257 e. The molecule has 1 aromatic heterocycles. The average molecular weight is 496 g/mol. The highest BCUT2D eigenvalue weighted by atomic mass is 35.5. The summed E-state index contributed by atoms with van der Waals surface area (Å²) in [5.74, 6) is -0.375. The molecule has 6 nitrogen and oxygen atoms in total. The third kappa shape index (κ3) is 4.94. The Morgan fingerprint density at radius 3 is 2.45 bits per heavy atom. The molecule has 0 saturated carbocycles. The molecule has 1 aliphatic rings. The largest absolute Gasteiger partial charge is 0.298 e. The van der Waals surface area contributed by atoms with Gasteiger partial charge in [0, 0.05) is 34.6 Å². The van der Waals surface area contributed by atoms with E-state index in [1.807, 2.05) is 0 Å². The first-order valence-electron chi connectivity index (χ1n) is 9.67. The molecule has 0 spiro atoms. The summed E-state index contributed by atoms with van der Waals surface area (Å²) in [4.78, 5) is 17.2. The third-order valence-electron chi connectivity index (χ3n) is 5.00. The van der Waals surface area contributed by atoms with E-state index in [0.717, 1.165) is 19.3 Å². The van der Waals surface area contributed by atoms with Gasteiger partial charge in [0.25, 0.3) is 5.91 Å². The molecule has 1 amide bonds. The van der Waals surface area contributed by atoms with Crippen LogP contribution in [0.2, 0.25) is 10.0 Å².